The molecule has 0 aromatic heterocycles. The summed E-state index contributed by atoms with van der Waals surface area (Å²) >= 11 is 1.37. The van der Waals surface area contributed by atoms with E-state index < -0.39 is 11.7 Å². The third kappa shape index (κ3) is 3.32. The topological polar surface area (TPSA) is 35.5 Å². The number of phenolic OH excluding ortho intramolecular Hbond substituents is 1. The summed E-state index contributed by atoms with van der Waals surface area (Å²) in [6, 6.07) is 8.76. The highest BCUT2D eigenvalue weighted by Gasteiger charge is 2.33. The minimum Gasteiger partial charge on any atom is -0.508 e. The molecule has 0 amide bonds. The van der Waals surface area contributed by atoms with Crippen molar-refractivity contribution < 1.29 is 18.3 Å². The maximum atomic E-state index is 13.1. The van der Waals surface area contributed by atoms with Crippen LogP contribution in [0.3, 0.4) is 0 Å². The monoisotopic (exact) mass is 354 g/mol. The smallest absolute Gasteiger partial charge is 0.416 e. The van der Waals surface area contributed by atoms with Gasteiger partial charge in [0.25, 0.3) is 0 Å². The second kappa shape index (κ2) is 6.57. The molecule has 0 spiro atoms. The molecule has 7 heteroatoms. The first kappa shape index (κ1) is 17.0. The fourth-order valence-electron chi connectivity index (χ4n) is 2.70. The van der Waals surface area contributed by atoms with Crippen LogP contribution in [0.4, 0.5) is 24.5 Å². The molecule has 3 nitrogen and oxygen atoms in total. The molecule has 0 fully saturated rings. The lowest BCUT2D eigenvalue weighted by Crippen LogP contribution is -2.25. The molecule has 0 unspecified atom stereocenters. The average molecular weight is 354 g/mol. The molecular formula is C17H17F3N2OS. The molecule has 128 valence electrons. The van der Waals surface area contributed by atoms with Crippen molar-refractivity contribution in [3.05, 3.63) is 42.0 Å². The number of hydrogen-bond donors (Lipinski definition) is 2. The zero-order valence-corrected chi connectivity index (χ0v) is 13.8. The van der Waals surface area contributed by atoms with Gasteiger partial charge in [0, 0.05) is 16.3 Å². The first-order valence-corrected chi connectivity index (χ1v) is 8.36. The fourth-order valence-corrected chi connectivity index (χ4v) is 3.81. The summed E-state index contributed by atoms with van der Waals surface area (Å²) in [5, 5.41) is 12.7. The van der Waals surface area contributed by atoms with Gasteiger partial charge >= 0.3 is 6.18 Å². The van der Waals surface area contributed by atoms with Crippen LogP contribution in [0, 0.1) is 0 Å². The molecule has 0 atom stereocenters. The summed E-state index contributed by atoms with van der Waals surface area (Å²) in [6.07, 6.45) is -3.58. The number of halogens is 3. The van der Waals surface area contributed by atoms with Crippen molar-refractivity contribution >= 4 is 23.1 Å². The predicted octanol–water partition coefficient (Wildman–Crippen LogP) is 4.62. The van der Waals surface area contributed by atoms with Crippen molar-refractivity contribution in [1.82, 2.24) is 5.32 Å². The number of benzene rings is 2. The molecule has 1 aliphatic rings. The van der Waals surface area contributed by atoms with Crippen molar-refractivity contribution in [2.75, 3.05) is 25.0 Å². The maximum Gasteiger partial charge on any atom is 0.416 e. The number of fused-ring (bicyclic) bond motifs is 2. The number of alkyl halides is 3. The third-order valence-electron chi connectivity index (χ3n) is 3.84. The standard InChI is InChI=1S/C17H17F3N2OS/c1-21-7-2-8-22-13-5-4-12(23)10-16(13)24-15-6-3-11(9-14(15)22)17(18,19)20/h3-6,9-10,21,23H,2,7-8H2,1H3. The Morgan fingerprint density at radius 2 is 1.88 bits per heavy atom. The zero-order valence-electron chi connectivity index (χ0n) is 13.0. The lowest BCUT2D eigenvalue weighted by Gasteiger charge is -2.33. The summed E-state index contributed by atoms with van der Waals surface area (Å²) < 4.78 is 39.2. The first-order valence-electron chi connectivity index (χ1n) is 7.54. The van der Waals surface area contributed by atoms with Gasteiger partial charge < -0.3 is 15.3 Å². The Kier molecular flexibility index (Phi) is 4.64. The lowest BCUT2D eigenvalue weighted by molar-refractivity contribution is -0.137. The van der Waals surface area contributed by atoms with Gasteiger partial charge in [-0.1, -0.05) is 11.8 Å². The van der Waals surface area contributed by atoms with Gasteiger partial charge in [0.05, 0.1) is 16.9 Å². The van der Waals surface area contributed by atoms with Crippen molar-refractivity contribution in [2.24, 2.45) is 0 Å². The second-order valence-corrected chi connectivity index (χ2v) is 6.63. The van der Waals surface area contributed by atoms with Gasteiger partial charge in [-0.2, -0.15) is 13.2 Å². The van der Waals surface area contributed by atoms with E-state index in [1.807, 2.05) is 11.9 Å². The Bertz CT molecular complexity index is 749. The molecule has 0 saturated carbocycles. The van der Waals surface area contributed by atoms with Crippen LogP contribution in [-0.4, -0.2) is 25.2 Å². The van der Waals surface area contributed by atoms with Crippen LogP contribution in [0.2, 0.25) is 0 Å². The average Bonchev–Trinajstić information content (AvgIpc) is 2.52. The first-order chi connectivity index (χ1) is 11.4. The summed E-state index contributed by atoms with van der Waals surface area (Å²) in [7, 11) is 1.84. The number of nitrogens with one attached hydrogen (secondary N) is 1. The van der Waals surface area contributed by atoms with E-state index in [2.05, 4.69) is 5.32 Å². The molecule has 1 heterocycles. The lowest BCUT2D eigenvalue weighted by atomic mass is 10.1. The van der Waals surface area contributed by atoms with E-state index in [-0.39, 0.29) is 5.75 Å². The van der Waals surface area contributed by atoms with Gasteiger partial charge in [-0.3, -0.25) is 0 Å². The van der Waals surface area contributed by atoms with Crippen molar-refractivity contribution in [1.29, 1.82) is 0 Å². The van der Waals surface area contributed by atoms with Crippen LogP contribution in [0.1, 0.15) is 12.0 Å². The Morgan fingerprint density at radius 3 is 2.58 bits per heavy atom. The molecule has 2 aromatic carbocycles. The van der Waals surface area contributed by atoms with Crippen LogP contribution in [0.5, 0.6) is 5.75 Å². The maximum absolute atomic E-state index is 13.1. The number of aromatic hydroxyl groups is 1. The Labute approximate surface area is 142 Å². The van der Waals surface area contributed by atoms with Crippen molar-refractivity contribution in [3.63, 3.8) is 0 Å². The van der Waals surface area contributed by atoms with Gasteiger partial charge in [-0.05, 0) is 56.4 Å². The second-order valence-electron chi connectivity index (χ2n) is 5.54. The van der Waals surface area contributed by atoms with E-state index in [0.29, 0.717) is 12.2 Å². The number of anilines is 2. The number of hydrogen-bond acceptors (Lipinski definition) is 4. The molecule has 2 aromatic rings. The quantitative estimate of drug-likeness (QED) is 0.785. The van der Waals surface area contributed by atoms with Gasteiger partial charge in [0.15, 0.2) is 0 Å². The van der Waals surface area contributed by atoms with E-state index in [1.165, 1.54) is 23.9 Å². The van der Waals surface area contributed by atoms with E-state index >= 15 is 0 Å². The number of rotatable bonds is 4. The van der Waals surface area contributed by atoms with Gasteiger partial charge in [0.1, 0.15) is 5.75 Å². The van der Waals surface area contributed by atoms with Gasteiger partial charge in [-0.25, -0.2) is 0 Å². The highest BCUT2D eigenvalue weighted by Crippen LogP contribution is 2.50. The molecule has 1 aliphatic heterocycles. The minimum absolute atomic E-state index is 0.145. The molecular weight excluding hydrogens is 337 g/mol. The highest BCUT2D eigenvalue weighted by molar-refractivity contribution is 7.99. The molecule has 0 bridgehead atoms. The minimum atomic E-state index is -4.37. The van der Waals surface area contributed by atoms with E-state index in [4.69, 9.17) is 0 Å². The van der Waals surface area contributed by atoms with Crippen molar-refractivity contribution in [2.45, 2.75) is 22.4 Å². The largest absolute Gasteiger partial charge is 0.508 e. The van der Waals surface area contributed by atoms with Crippen LogP contribution >= 0.6 is 11.8 Å². The van der Waals surface area contributed by atoms with E-state index in [0.717, 1.165) is 34.5 Å². The van der Waals surface area contributed by atoms with Crippen LogP contribution in [-0.2, 0) is 6.18 Å². The normalized spacial score (nSPS) is 13.6. The molecule has 0 saturated heterocycles. The Morgan fingerprint density at radius 1 is 1.08 bits per heavy atom. The van der Waals surface area contributed by atoms with Gasteiger partial charge in [0.2, 0.25) is 0 Å². The summed E-state index contributed by atoms with van der Waals surface area (Å²) in [5.41, 5.74) is 0.729. The Hall–Kier alpha value is -1.86. The van der Waals surface area contributed by atoms with E-state index in [1.54, 1.807) is 18.2 Å². The van der Waals surface area contributed by atoms with Crippen LogP contribution in [0.15, 0.2) is 46.2 Å². The van der Waals surface area contributed by atoms with E-state index in [9.17, 15) is 18.3 Å². The number of phenols is 1. The predicted molar refractivity (Wildman–Crippen MR) is 89.2 cm³/mol. The van der Waals surface area contributed by atoms with Crippen molar-refractivity contribution in [3.8, 4) is 5.75 Å². The molecule has 2 N–H and O–H groups in total. The molecule has 24 heavy (non-hydrogen) atoms. The summed E-state index contributed by atoms with van der Waals surface area (Å²) in [5.74, 6) is 0.145. The molecule has 0 radical (unpaired) electrons. The SMILES string of the molecule is CNCCCN1c2ccc(O)cc2Sc2ccc(C(F)(F)F)cc21. The summed E-state index contributed by atoms with van der Waals surface area (Å²) in [4.78, 5) is 3.49. The summed E-state index contributed by atoms with van der Waals surface area (Å²) in [6.45, 7) is 1.36. The Balaban J connectivity index is 2.05. The number of nitrogens with zero attached hydrogens (tertiary/aromatic N) is 1. The fraction of sp³-hybridized carbons (Fsp3) is 0.294. The van der Waals surface area contributed by atoms with Gasteiger partial charge in [-0.15, -0.1) is 0 Å². The van der Waals surface area contributed by atoms with Crippen LogP contribution in [0.25, 0.3) is 0 Å². The van der Waals surface area contributed by atoms with Crippen LogP contribution < -0.4 is 10.2 Å². The third-order valence-corrected chi connectivity index (χ3v) is 4.95. The highest BCUT2D eigenvalue weighted by atomic mass is 32.2. The molecule has 0 aliphatic carbocycles. The zero-order chi connectivity index (χ0) is 17.3. The molecule has 3 rings (SSSR count).